The number of hydrogen-bond donors (Lipinski definition) is 1. The number of fused-ring (bicyclic) bond motifs is 3. The summed E-state index contributed by atoms with van der Waals surface area (Å²) in [5.74, 6) is 0. The van der Waals surface area contributed by atoms with Crippen LogP contribution in [0.1, 0.15) is 32.1 Å². The molecule has 2 aromatic carbocycles. The van der Waals surface area contributed by atoms with E-state index in [2.05, 4.69) is 17.2 Å². The number of rotatable bonds is 2. The second kappa shape index (κ2) is 6.20. The molecule has 1 aliphatic carbocycles. The first-order chi connectivity index (χ1) is 10.9. The fraction of sp³-hybridized carbons (Fsp3) is 0.333. The molecule has 0 amide bonds. The van der Waals surface area contributed by atoms with E-state index < -0.39 is 8.16 Å². The topological polar surface area (TPSA) is 38.3 Å². The molecule has 0 spiro atoms. The fourth-order valence-electron chi connectivity index (χ4n) is 3.17. The average Bonchev–Trinajstić information content (AvgIpc) is 2.72. The zero-order valence-electron chi connectivity index (χ0n) is 12.5. The Morgan fingerprint density at radius 3 is 1.91 bits per heavy atom. The predicted octanol–water partition coefficient (Wildman–Crippen LogP) is 6.17. The van der Waals surface area contributed by atoms with Crippen LogP contribution in [0.3, 0.4) is 0 Å². The minimum absolute atomic E-state index is 0.511. The van der Waals surface area contributed by atoms with Gasteiger partial charge in [-0.1, -0.05) is 55.7 Å². The number of nitrogens with one attached hydrogen (secondary N) is 1. The maximum absolute atomic E-state index is 6.17. The number of para-hydroxylation sites is 2. The SMILES string of the molecule is c1ccc2c(c1)op(NC1CCCCC1)oc1ccccc12. The van der Waals surface area contributed by atoms with Crippen LogP contribution < -0.4 is 5.09 Å². The van der Waals surface area contributed by atoms with E-state index in [-0.39, 0.29) is 0 Å². The van der Waals surface area contributed by atoms with Gasteiger partial charge in [-0.3, -0.25) is 0 Å². The van der Waals surface area contributed by atoms with E-state index in [0.29, 0.717) is 6.04 Å². The molecule has 3 aromatic rings. The van der Waals surface area contributed by atoms with Gasteiger partial charge in [-0.15, -0.1) is 0 Å². The molecule has 3 nitrogen and oxygen atoms in total. The fourth-order valence-corrected chi connectivity index (χ4v) is 4.54. The van der Waals surface area contributed by atoms with Crippen molar-refractivity contribution in [2.45, 2.75) is 38.1 Å². The van der Waals surface area contributed by atoms with E-state index in [0.717, 1.165) is 21.9 Å². The number of hydrogen-bond acceptors (Lipinski definition) is 3. The molecule has 4 heteroatoms. The predicted molar refractivity (Wildman–Crippen MR) is 92.6 cm³/mol. The first kappa shape index (κ1) is 13.9. The van der Waals surface area contributed by atoms with Crippen LogP contribution in [0, 0.1) is 0 Å². The van der Waals surface area contributed by atoms with Crippen LogP contribution in [0.25, 0.3) is 21.9 Å². The quantitative estimate of drug-likeness (QED) is 0.615. The molecule has 114 valence electrons. The second-order valence-electron chi connectivity index (χ2n) is 5.90. The van der Waals surface area contributed by atoms with Crippen LogP contribution in [-0.2, 0) is 0 Å². The Bertz CT molecular complexity index is 763. The van der Waals surface area contributed by atoms with Crippen molar-refractivity contribution in [3.8, 4) is 0 Å². The van der Waals surface area contributed by atoms with Crippen LogP contribution in [0.5, 0.6) is 0 Å². The van der Waals surface area contributed by atoms with Gasteiger partial charge >= 0.3 is 8.16 Å². The maximum atomic E-state index is 6.17. The van der Waals surface area contributed by atoms with Gasteiger partial charge in [0.05, 0.1) is 0 Å². The molecule has 0 saturated heterocycles. The molecule has 1 aromatic heterocycles. The molecular weight excluding hydrogens is 293 g/mol. The van der Waals surface area contributed by atoms with Gasteiger partial charge in [0.2, 0.25) is 0 Å². The van der Waals surface area contributed by atoms with Crippen molar-refractivity contribution in [3.05, 3.63) is 48.5 Å². The highest BCUT2D eigenvalue weighted by molar-refractivity contribution is 7.38. The minimum atomic E-state index is -1.14. The Balaban J connectivity index is 1.86. The lowest BCUT2D eigenvalue weighted by atomic mass is 9.96. The van der Waals surface area contributed by atoms with Gasteiger partial charge in [0.15, 0.2) is 0 Å². The Morgan fingerprint density at radius 2 is 1.32 bits per heavy atom. The molecule has 1 aliphatic rings. The van der Waals surface area contributed by atoms with Gasteiger partial charge < -0.3 is 8.39 Å². The lowest BCUT2D eigenvalue weighted by Gasteiger charge is -2.20. The summed E-state index contributed by atoms with van der Waals surface area (Å²) in [5, 5.41) is 5.81. The zero-order valence-corrected chi connectivity index (χ0v) is 13.4. The molecule has 1 saturated carbocycles. The molecule has 0 atom stereocenters. The van der Waals surface area contributed by atoms with E-state index in [1.807, 2.05) is 36.4 Å². The Hall–Kier alpha value is -1.70. The van der Waals surface area contributed by atoms with E-state index >= 15 is 0 Å². The van der Waals surface area contributed by atoms with Gasteiger partial charge in [0.1, 0.15) is 11.2 Å². The third-order valence-electron chi connectivity index (χ3n) is 4.32. The summed E-state index contributed by atoms with van der Waals surface area (Å²) in [6, 6.07) is 16.9. The third-order valence-corrected chi connectivity index (χ3v) is 5.62. The normalized spacial score (nSPS) is 16.2. The summed E-state index contributed by atoms with van der Waals surface area (Å²) >= 11 is 0. The molecule has 1 fully saturated rings. The summed E-state index contributed by atoms with van der Waals surface area (Å²) in [4.78, 5) is 0. The van der Waals surface area contributed by atoms with Gasteiger partial charge in [-0.05, 0) is 25.0 Å². The van der Waals surface area contributed by atoms with Crippen molar-refractivity contribution >= 4 is 30.1 Å². The molecular formula is C18H20NO2P. The molecule has 0 aliphatic heterocycles. The molecule has 22 heavy (non-hydrogen) atoms. The maximum Gasteiger partial charge on any atom is 0.307 e. The van der Waals surface area contributed by atoms with Crippen LogP contribution in [0.2, 0.25) is 0 Å². The van der Waals surface area contributed by atoms with E-state index in [4.69, 9.17) is 8.39 Å². The molecule has 0 unspecified atom stereocenters. The van der Waals surface area contributed by atoms with Crippen molar-refractivity contribution in [2.75, 3.05) is 5.09 Å². The smallest absolute Gasteiger partial charge is 0.307 e. The van der Waals surface area contributed by atoms with E-state index in [1.54, 1.807) is 0 Å². The highest BCUT2D eigenvalue weighted by Crippen LogP contribution is 2.35. The van der Waals surface area contributed by atoms with Crippen molar-refractivity contribution in [1.82, 2.24) is 0 Å². The standard InChI is InChI=1S/C18H20NO2P/c1-2-8-14(9-3-1)19-22-20-17-12-6-4-10-15(17)16-11-5-7-13-18(16)21-22/h4-7,10-14,19H,1-3,8-9H2. The summed E-state index contributed by atoms with van der Waals surface area (Å²) < 4.78 is 12.3. The summed E-state index contributed by atoms with van der Waals surface area (Å²) in [7, 11) is -1.14. The first-order valence-corrected chi connectivity index (χ1v) is 9.18. The van der Waals surface area contributed by atoms with Crippen molar-refractivity contribution in [1.29, 1.82) is 0 Å². The lowest BCUT2D eigenvalue weighted by Crippen LogP contribution is -2.20. The Kier molecular flexibility index (Phi) is 3.92. The number of benzene rings is 2. The van der Waals surface area contributed by atoms with Crippen LogP contribution in [0.15, 0.2) is 56.9 Å². The Morgan fingerprint density at radius 1 is 0.773 bits per heavy atom. The van der Waals surface area contributed by atoms with Crippen LogP contribution >= 0.6 is 8.16 Å². The second-order valence-corrected chi connectivity index (χ2v) is 7.03. The molecule has 0 radical (unpaired) electrons. The van der Waals surface area contributed by atoms with Gasteiger partial charge in [-0.25, -0.2) is 5.09 Å². The van der Waals surface area contributed by atoms with E-state index in [9.17, 15) is 0 Å². The molecule has 1 N–H and O–H groups in total. The summed E-state index contributed by atoms with van der Waals surface area (Å²) in [5.41, 5.74) is 1.81. The van der Waals surface area contributed by atoms with Gasteiger partial charge in [0.25, 0.3) is 0 Å². The third kappa shape index (κ3) is 2.79. The highest BCUT2D eigenvalue weighted by atomic mass is 31.1. The van der Waals surface area contributed by atoms with Crippen LogP contribution in [0.4, 0.5) is 0 Å². The Labute approximate surface area is 130 Å². The largest absolute Gasteiger partial charge is 0.408 e. The van der Waals surface area contributed by atoms with Gasteiger partial charge in [-0.2, -0.15) is 0 Å². The summed E-state index contributed by atoms with van der Waals surface area (Å²) in [6.45, 7) is 0. The highest BCUT2D eigenvalue weighted by Gasteiger charge is 2.15. The monoisotopic (exact) mass is 313 g/mol. The lowest BCUT2D eigenvalue weighted by molar-refractivity contribution is 0.463. The van der Waals surface area contributed by atoms with E-state index in [1.165, 1.54) is 32.1 Å². The summed E-state index contributed by atoms with van der Waals surface area (Å²) in [6.07, 6.45) is 6.38. The van der Waals surface area contributed by atoms with Crippen molar-refractivity contribution in [2.24, 2.45) is 0 Å². The van der Waals surface area contributed by atoms with Crippen LogP contribution in [-0.4, -0.2) is 6.04 Å². The molecule has 1 heterocycles. The average molecular weight is 313 g/mol. The molecule has 4 rings (SSSR count). The first-order valence-electron chi connectivity index (χ1n) is 8.01. The van der Waals surface area contributed by atoms with Gasteiger partial charge in [0, 0.05) is 16.8 Å². The zero-order chi connectivity index (χ0) is 14.8. The molecule has 0 bridgehead atoms. The minimum Gasteiger partial charge on any atom is -0.408 e. The van der Waals surface area contributed by atoms with Crippen molar-refractivity contribution < 1.29 is 8.39 Å². The van der Waals surface area contributed by atoms with Crippen molar-refractivity contribution in [3.63, 3.8) is 0 Å².